The van der Waals surface area contributed by atoms with E-state index in [2.05, 4.69) is 17.9 Å². The lowest BCUT2D eigenvalue weighted by Crippen LogP contribution is -2.32. The second kappa shape index (κ2) is 4.28. The summed E-state index contributed by atoms with van der Waals surface area (Å²) in [5.41, 5.74) is 1.59. The van der Waals surface area contributed by atoms with Crippen molar-refractivity contribution in [1.82, 2.24) is 4.90 Å². The molecule has 0 aromatic heterocycles. The van der Waals surface area contributed by atoms with Crippen LogP contribution < -0.4 is 0 Å². The molecular formula is C12H21N. The normalized spacial score (nSPS) is 26.4. The highest BCUT2D eigenvalue weighted by Crippen LogP contribution is 2.26. The first-order chi connectivity index (χ1) is 6.34. The molecule has 0 spiro atoms. The molecule has 0 N–H and O–H groups in total. The van der Waals surface area contributed by atoms with Crippen molar-refractivity contribution < 1.29 is 0 Å². The van der Waals surface area contributed by atoms with Crippen LogP contribution in [-0.4, -0.2) is 24.5 Å². The highest BCUT2D eigenvalue weighted by Gasteiger charge is 2.18. The van der Waals surface area contributed by atoms with Crippen molar-refractivity contribution in [2.45, 2.75) is 39.0 Å². The summed E-state index contributed by atoms with van der Waals surface area (Å²) in [5.74, 6) is 1.02. The van der Waals surface area contributed by atoms with Gasteiger partial charge in [-0.3, -0.25) is 4.90 Å². The first-order valence-corrected chi connectivity index (χ1v) is 5.72. The maximum absolute atomic E-state index is 2.63. The van der Waals surface area contributed by atoms with E-state index in [9.17, 15) is 0 Å². The highest BCUT2D eigenvalue weighted by atomic mass is 15.1. The molecule has 0 saturated heterocycles. The summed E-state index contributed by atoms with van der Waals surface area (Å²) >= 11 is 0. The van der Waals surface area contributed by atoms with Gasteiger partial charge in [0.05, 0.1) is 0 Å². The smallest absolute Gasteiger partial charge is 0.0165 e. The Morgan fingerprint density at radius 2 is 2.15 bits per heavy atom. The standard InChI is InChI=1S/C12H21N/c1-11-6-8-13(9-7-11)10-12-4-2-3-5-12/h6,12H,2-5,7-10H2,1H3. The van der Waals surface area contributed by atoms with Gasteiger partial charge in [-0.05, 0) is 32.1 Å². The van der Waals surface area contributed by atoms with Gasteiger partial charge in [0.2, 0.25) is 0 Å². The van der Waals surface area contributed by atoms with E-state index in [-0.39, 0.29) is 0 Å². The van der Waals surface area contributed by atoms with Crippen LogP contribution in [0.4, 0.5) is 0 Å². The van der Waals surface area contributed by atoms with Crippen LogP contribution in [0.5, 0.6) is 0 Å². The molecule has 0 atom stereocenters. The Morgan fingerprint density at radius 3 is 2.77 bits per heavy atom. The van der Waals surface area contributed by atoms with E-state index >= 15 is 0 Å². The number of hydrogen-bond acceptors (Lipinski definition) is 1. The average Bonchev–Trinajstić information content (AvgIpc) is 2.62. The second-order valence-corrected chi connectivity index (χ2v) is 4.71. The fraction of sp³-hybridized carbons (Fsp3) is 0.833. The summed E-state index contributed by atoms with van der Waals surface area (Å²) in [7, 11) is 0. The lowest BCUT2D eigenvalue weighted by atomic mass is 10.1. The third-order valence-corrected chi connectivity index (χ3v) is 3.51. The molecule has 1 aliphatic heterocycles. The molecule has 0 aromatic rings. The molecule has 13 heavy (non-hydrogen) atoms. The Balaban J connectivity index is 1.76. The van der Waals surface area contributed by atoms with Crippen molar-refractivity contribution in [3.63, 3.8) is 0 Å². The molecule has 1 heterocycles. The zero-order valence-corrected chi connectivity index (χ0v) is 8.76. The van der Waals surface area contributed by atoms with Crippen molar-refractivity contribution in [2.75, 3.05) is 19.6 Å². The first-order valence-electron chi connectivity index (χ1n) is 5.72. The summed E-state index contributed by atoms with van der Waals surface area (Å²) in [6.45, 7) is 6.14. The van der Waals surface area contributed by atoms with Crippen molar-refractivity contribution in [2.24, 2.45) is 5.92 Å². The van der Waals surface area contributed by atoms with Gasteiger partial charge in [-0.25, -0.2) is 0 Å². The van der Waals surface area contributed by atoms with Gasteiger partial charge in [-0.2, -0.15) is 0 Å². The Hall–Kier alpha value is -0.300. The Kier molecular flexibility index (Phi) is 3.05. The fourth-order valence-electron chi connectivity index (χ4n) is 2.54. The molecule has 0 amide bonds. The fourth-order valence-corrected chi connectivity index (χ4v) is 2.54. The minimum Gasteiger partial charge on any atom is -0.299 e. The third kappa shape index (κ3) is 2.57. The minimum atomic E-state index is 1.02. The lowest BCUT2D eigenvalue weighted by Gasteiger charge is -2.27. The van der Waals surface area contributed by atoms with Crippen LogP contribution in [-0.2, 0) is 0 Å². The van der Waals surface area contributed by atoms with E-state index in [4.69, 9.17) is 0 Å². The van der Waals surface area contributed by atoms with E-state index in [1.165, 1.54) is 51.7 Å². The van der Waals surface area contributed by atoms with E-state index in [0.29, 0.717) is 0 Å². The van der Waals surface area contributed by atoms with Gasteiger partial charge >= 0.3 is 0 Å². The molecule has 1 fully saturated rings. The average molecular weight is 179 g/mol. The van der Waals surface area contributed by atoms with Gasteiger partial charge in [0.15, 0.2) is 0 Å². The molecule has 2 aliphatic rings. The van der Waals surface area contributed by atoms with Crippen LogP contribution >= 0.6 is 0 Å². The van der Waals surface area contributed by atoms with Gasteiger partial charge in [0, 0.05) is 19.6 Å². The first kappa shape index (κ1) is 9.26. The van der Waals surface area contributed by atoms with Crippen LogP contribution in [0.3, 0.4) is 0 Å². The summed E-state index contributed by atoms with van der Waals surface area (Å²) in [6, 6.07) is 0. The van der Waals surface area contributed by atoms with Crippen LogP contribution in [0, 0.1) is 5.92 Å². The number of rotatable bonds is 2. The molecule has 74 valence electrons. The molecule has 0 bridgehead atoms. The van der Waals surface area contributed by atoms with Crippen LogP contribution in [0.1, 0.15) is 39.0 Å². The maximum atomic E-state index is 2.63. The quantitative estimate of drug-likeness (QED) is 0.589. The van der Waals surface area contributed by atoms with E-state index in [0.717, 1.165) is 5.92 Å². The molecule has 1 heteroatoms. The molecule has 1 saturated carbocycles. The molecular weight excluding hydrogens is 158 g/mol. The third-order valence-electron chi connectivity index (χ3n) is 3.51. The monoisotopic (exact) mass is 179 g/mol. The summed E-state index contributed by atoms with van der Waals surface area (Å²) < 4.78 is 0. The van der Waals surface area contributed by atoms with Gasteiger partial charge in [-0.1, -0.05) is 24.5 Å². The topological polar surface area (TPSA) is 3.24 Å². The van der Waals surface area contributed by atoms with Gasteiger partial charge in [0.25, 0.3) is 0 Å². The summed E-state index contributed by atoms with van der Waals surface area (Å²) in [6.07, 6.45) is 9.63. The second-order valence-electron chi connectivity index (χ2n) is 4.71. The highest BCUT2D eigenvalue weighted by molar-refractivity contribution is 5.03. The largest absolute Gasteiger partial charge is 0.299 e. The predicted octanol–water partition coefficient (Wildman–Crippen LogP) is 2.83. The van der Waals surface area contributed by atoms with Gasteiger partial charge in [-0.15, -0.1) is 0 Å². The van der Waals surface area contributed by atoms with Gasteiger partial charge < -0.3 is 0 Å². The summed E-state index contributed by atoms with van der Waals surface area (Å²) in [5, 5.41) is 0. The molecule has 1 aliphatic carbocycles. The van der Waals surface area contributed by atoms with Crippen LogP contribution in [0.15, 0.2) is 11.6 Å². The zero-order valence-electron chi connectivity index (χ0n) is 8.76. The van der Waals surface area contributed by atoms with Crippen molar-refractivity contribution >= 4 is 0 Å². The molecule has 0 aromatic carbocycles. The lowest BCUT2D eigenvalue weighted by molar-refractivity contribution is 0.247. The molecule has 1 nitrogen and oxygen atoms in total. The van der Waals surface area contributed by atoms with Crippen molar-refractivity contribution in [1.29, 1.82) is 0 Å². The van der Waals surface area contributed by atoms with Gasteiger partial charge in [0.1, 0.15) is 0 Å². The Morgan fingerprint density at radius 1 is 1.38 bits per heavy atom. The van der Waals surface area contributed by atoms with E-state index in [1.54, 1.807) is 5.57 Å². The minimum absolute atomic E-state index is 1.02. The predicted molar refractivity (Wildman–Crippen MR) is 56.8 cm³/mol. The van der Waals surface area contributed by atoms with Crippen molar-refractivity contribution in [3.8, 4) is 0 Å². The van der Waals surface area contributed by atoms with E-state index < -0.39 is 0 Å². The van der Waals surface area contributed by atoms with E-state index in [1.807, 2.05) is 0 Å². The molecule has 0 unspecified atom stereocenters. The molecule has 0 radical (unpaired) electrons. The molecule has 2 rings (SSSR count). The van der Waals surface area contributed by atoms with Crippen LogP contribution in [0.25, 0.3) is 0 Å². The van der Waals surface area contributed by atoms with Crippen LogP contribution in [0.2, 0.25) is 0 Å². The number of nitrogens with zero attached hydrogens (tertiary/aromatic N) is 1. The maximum Gasteiger partial charge on any atom is 0.0165 e. The summed E-state index contributed by atoms with van der Waals surface area (Å²) in [4.78, 5) is 2.63. The van der Waals surface area contributed by atoms with Crippen molar-refractivity contribution in [3.05, 3.63) is 11.6 Å². The zero-order chi connectivity index (χ0) is 9.10. The SMILES string of the molecule is CC1=CCN(CC2CCCC2)CC1. The Bertz CT molecular complexity index is 189. The Labute approximate surface area is 81.8 Å². The number of hydrogen-bond donors (Lipinski definition) is 0.